The fourth-order valence-electron chi connectivity index (χ4n) is 4.12. The monoisotopic (exact) mass is 500 g/mol. The summed E-state index contributed by atoms with van der Waals surface area (Å²) >= 11 is 0. The summed E-state index contributed by atoms with van der Waals surface area (Å²) in [5.41, 5.74) is -1.09. The number of carbonyl (C=O) groups excluding carboxylic acids is 2. The summed E-state index contributed by atoms with van der Waals surface area (Å²) in [7, 11) is 0. The fourth-order valence-corrected chi connectivity index (χ4v) is 4.12. The number of esters is 1. The van der Waals surface area contributed by atoms with Crippen LogP contribution in [0.25, 0.3) is 22.0 Å². The number of aromatic nitrogens is 1. The molecule has 2 atom stereocenters. The maximum Gasteiger partial charge on any atom is 0.417 e. The smallest absolute Gasteiger partial charge is 0.417 e. The van der Waals surface area contributed by atoms with Crippen LogP contribution in [0.2, 0.25) is 0 Å². The van der Waals surface area contributed by atoms with E-state index in [-0.39, 0.29) is 35.6 Å². The lowest BCUT2D eigenvalue weighted by Crippen LogP contribution is -2.30. The average molecular weight is 500 g/mol. The van der Waals surface area contributed by atoms with Crippen molar-refractivity contribution in [1.29, 1.82) is 0 Å². The molecule has 36 heavy (non-hydrogen) atoms. The van der Waals surface area contributed by atoms with Gasteiger partial charge in [0.15, 0.2) is 0 Å². The van der Waals surface area contributed by atoms with Crippen molar-refractivity contribution in [1.82, 2.24) is 10.3 Å². The number of alkyl halides is 3. The van der Waals surface area contributed by atoms with E-state index in [1.807, 2.05) is 0 Å². The molecule has 3 N–H and O–H groups in total. The number of rotatable bonds is 6. The highest BCUT2D eigenvalue weighted by Crippen LogP contribution is 2.37. The number of carboxylic acids is 1. The zero-order chi connectivity index (χ0) is 26.0. The first-order valence-electron chi connectivity index (χ1n) is 10.7. The lowest BCUT2D eigenvalue weighted by atomic mass is 9.93. The summed E-state index contributed by atoms with van der Waals surface area (Å²) in [4.78, 5) is 49.8. The van der Waals surface area contributed by atoms with E-state index in [4.69, 9.17) is 9.84 Å². The summed E-state index contributed by atoms with van der Waals surface area (Å²) in [5, 5.41) is 11.8. The number of carbonyl (C=O) groups is 3. The number of pyridine rings is 1. The van der Waals surface area contributed by atoms with Crippen LogP contribution in [0.3, 0.4) is 0 Å². The Hall–Kier alpha value is -4.41. The zero-order valence-electron chi connectivity index (χ0n) is 18.5. The molecule has 0 aliphatic carbocycles. The maximum atomic E-state index is 13.4. The van der Waals surface area contributed by atoms with Crippen LogP contribution >= 0.6 is 0 Å². The highest BCUT2D eigenvalue weighted by Gasteiger charge is 2.35. The highest BCUT2D eigenvalue weighted by molar-refractivity contribution is 5.91. The van der Waals surface area contributed by atoms with Crippen molar-refractivity contribution in [2.24, 2.45) is 0 Å². The van der Waals surface area contributed by atoms with Gasteiger partial charge in [0.2, 0.25) is 5.91 Å². The molecular formula is C25H19F3N2O6. The number of hydrogen-bond acceptors (Lipinski definition) is 5. The van der Waals surface area contributed by atoms with Gasteiger partial charge in [0, 0.05) is 28.8 Å². The maximum absolute atomic E-state index is 13.4. The third kappa shape index (κ3) is 5.29. The van der Waals surface area contributed by atoms with Crippen LogP contribution in [0.4, 0.5) is 13.2 Å². The minimum atomic E-state index is -4.60. The normalized spacial score (nSPS) is 17.9. The number of halogens is 3. The second-order valence-electron chi connectivity index (χ2n) is 8.20. The van der Waals surface area contributed by atoms with E-state index in [9.17, 15) is 32.3 Å². The molecule has 0 bridgehead atoms. The number of carboxylic acid groups (broad SMARTS) is 1. The quantitative estimate of drug-likeness (QED) is 0.352. The molecule has 2 heterocycles. The number of amides is 1. The molecular weight excluding hydrogens is 481 g/mol. The molecule has 3 aromatic rings. The molecule has 1 aromatic heterocycles. The standard InChI is InChI=1S/C25H19F3N2O6/c26-25(27,28)19-4-2-1-3-16(19)20-10-14-6-5-13(9-17(14)24(35)30-20)18-11-15(29-23(18)34)12-36-22(33)8-7-21(31)32/h1-10,15,18H,11-12H2,(H,29,34)(H,30,35)(H,31,32)/b8-7-/t15?,18-/m0/s1. The summed E-state index contributed by atoms with van der Waals surface area (Å²) in [5.74, 6) is -3.15. The molecule has 11 heteroatoms. The minimum absolute atomic E-state index is 0.0191. The number of H-pyrrole nitrogens is 1. The molecule has 8 nitrogen and oxygen atoms in total. The van der Waals surface area contributed by atoms with Gasteiger partial charge in [0.25, 0.3) is 5.56 Å². The SMILES string of the molecule is O=C(O)/C=C\C(=O)OCC1C[C@@H](c2ccc3cc(-c4ccccc4C(F)(F)F)[nH]c(=O)c3c2)C(=O)N1. The van der Waals surface area contributed by atoms with E-state index < -0.39 is 41.2 Å². The van der Waals surface area contributed by atoms with Gasteiger partial charge < -0.3 is 20.1 Å². The van der Waals surface area contributed by atoms with Crippen molar-refractivity contribution < 1.29 is 37.4 Å². The largest absolute Gasteiger partial charge is 0.478 e. The van der Waals surface area contributed by atoms with Gasteiger partial charge in [-0.3, -0.25) is 9.59 Å². The summed E-state index contributed by atoms with van der Waals surface area (Å²) in [6, 6.07) is 10.6. The first kappa shape index (κ1) is 24.7. The van der Waals surface area contributed by atoms with E-state index in [1.54, 1.807) is 12.1 Å². The molecule has 2 aromatic carbocycles. The number of ether oxygens (including phenoxy) is 1. The number of aromatic amines is 1. The molecule has 1 unspecified atom stereocenters. The molecule has 0 spiro atoms. The van der Waals surface area contributed by atoms with Crippen LogP contribution in [0.1, 0.15) is 23.5 Å². The Bertz CT molecular complexity index is 1440. The number of fused-ring (bicyclic) bond motifs is 1. The van der Waals surface area contributed by atoms with Gasteiger partial charge in [-0.1, -0.05) is 30.3 Å². The first-order valence-corrected chi connectivity index (χ1v) is 10.7. The fraction of sp³-hybridized carbons (Fsp3) is 0.200. The van der Waals surface area contributed by atoms with Gasteiger partial charge in [0.1, 0.15) is 6.61 Å². The lowest BCUT2D eigenvalue weighted by molar-refractivity contribution is -0.139. The van der Waals surface area contributed by atoms with Crippen molar-refractivity contribution in [2.75, 3.05) is 6.61 Å². The Morgan fingerprint density at radius 1 is 1.08 bits per heavy atom. The first-order chi connectivity index (χ1) is 17.0. The predicted molar refractivity (Wildman–Crippen MR) is 122 cm³/mol. The van der Waals surface area contributed by atoms with Crippen molar-refractivity contribution in [2.45, 2.75) is 24.6 Å². The molecule has 1 amide bonds. The minimum Gasteiger partial charge on any atom is -0.478 e. The molecule has 186 valence electrons. The van der Waals surface area contributed by atoms with E-state index in [1.165, 1.54) is 30.3 Å². The van der Waals surface area contributed by atoms with Gasteiger partial charge in [-0.05, 0) is 35.6 Å². The van der Waals surface area contributed by atoms with Gasteiger partial charge in [0.05, 0.1) is 17.5 Å². The van der Waals surface area contributed by atoms with Gasteiger partial charge in [-0.25, -0.2) is 9.59 Å². The van der Waals surface area contributed by atoms with Crippen LogP contribution in [-0.4, -0.2) is 40.6 Å². The van der Waals surface area contributed by atoms with Crippen molar-refractivity contribution in [3.8, 4) is 11.3 Å². The molecule has 0 radical (unpaired) electrons. The second kappa shape index (κ2) is 9.68. The Kier molecular flexibility index (Phi) is 6.65. The Labute approximate surface area is 201 Å². The third-order valence-electron chi connectivity index (χ3n) is 5.77. The van der Waals surface area contributed by atoms with Crippen molar-refractivity contribution in [3.63, 3.8) is 0 Å². The topological polar surface area (TPSA) is 126 Å². The van der Waals surface area contributed by atoms with Gasteiger partial charge in [-0.2, -0.15) is 13.2 Å². The molecule has 0 saturated carbocycles. The van der Waals surface area contributed by atoms with Crippen LogP contribution in [-0.2, 0) is 25.3 Å². The Morgan fingerprint density at radius 3 is 2.56 bits per heavy atom. The summed E-state index contributed by atoms with van der Waals surface area (Å²) < 4.78 is 45.2. The number of hydrogen-bond donors (Lipinski definition) is 3. The van der Waals surface area contributed by atoms with Crippen LogP contribution in [0.5, 0.6) is 0 Å². The van der Waals surface area contributed by atoms with Gasteiger partial charge in [-0.15, -0.1) is 0 Å². The van der Waals surface area contributed by atoms with E-state index in [0.29, 0.717) is 17.0 Å². The predicted octanol–water partition coefficient (Wildman–Crippen LogP) is 3.37. The summed E-state index contributed by atoms with van der Waals surface area (Å²) in [6.45, 7) is -0.166. The zero-order valence-corrected chi connectivity index (χ0v) is 18.5. The third-order valence-corrected chi connectivity index (χ3v) is 5.77. The van der Waals surface area contributed by atoms with Gasteiger partial charge >= 0.3 is 18.1 Å². The number of aliphatic carboxylic acids is 1. The molecule has 1 saturated heterocycles. The van der Waals surface area contributed by atoms with E-state index >= 15 is 0 Å². The molecule has 4 rings (SSSR count). The molecule has 1 aliphatic heterocycles. The Morgan fingerprint density at radius 2 is 1.83 bits per heavy atom. The highest BCUT2D eigenvalue weighted by atomic mass is 19.4. The van der Waals surface area contributed by atoms with Crippen LogP contribution < -0.4 is 10.9 Å². The molecule has 1 aliphatic rings. The lowest BCUT2D eigenvalue weighted by Gasteiger charge is -2.14. The summed E-state index contributed by atoms with van der Waals surface area (Å²) in [6.07, 6.45) is -2.94. The van der Waals surface area contributed by atoms with E-state index in [0.717, 1.165) is 12.1 Å². The van der Waals surface area contributed by atoms with Crippen LogP contribution in [0.15, 0.2) is 65.5 Å². The van der Waals surface area contributed by atoms with Crippen molar-refractivity contribution in [3.05, 3.63) is 82.2 Å². The Balaban J connectivity index is 1.56. The number of benzene rings is 2. The molecule has 1 fully saturated rings. The van der Waals surface area contributed by atoms with Crippen LogP contribution in [0, 0.1) is 0 Å². The second-order valence-corrected chi connectivity index (χ2v) is 8.20. The number of nitrogens with one attached hydrogen (secondary N) is 2. The average Bonchev–Trinajstić information content (AvgIpc) is 3.21. The van der Waals surface area contributed by atoms with Crippen molar-refractivity contribution >= 4 is 28.6 Å². The van der Waals surface area contributed by atoms with E-state index in [2.05, 4.69) is 10.3 Å².